The maximum absolute atomic E-state index is 11.0. The summed E-state index contributed by atoms with van der Waals surface area (Å²) in [5.41, 5.74) is 1.44. The molecule has 1 aromatic carbocycles. The Morgan fingerprint density at radius 1 is 1.35 bits per heavy atom. The van der Waals surface area contributed by atoms with Gasteiger partial charge in [-0.2, -0.15) is 0 Å². The molecule has 5 heteroatoms. The van der Waals surface area contributed by atoms with Crippen LogP contribution in [0.25, 0.3) is 22.1 Å². The Balaban J connectivity index is 2.47. The van der Waals surface area contributed by atoms with Crippen molar-refractivity contribution in [1.29, 1.82) is 0 Å². The largest absolute Gasteiger partial charge is 0.477 e. The van der Waals surface area contributed by atoms with Gasteiger partial charge in [-0.1, -0.05) is 11.6 Å². The van der Waals surface area contributed by atoms with Crippen molar-refractivity contribution in [3.63, 3.8) is 0 Å². The van der Waals surface area contributed by atoms with Crippen molar-refractivity contribution >= 4 is 39.6 Å². The lowest BCUT2D eigenvalue weighted by molar-refractivity contribution is 0.0686. The van der Waals surface area contributed by atoms with E-state index in [1.807, 2.05) is 0 Å². The van der Waals surface area contributed by atoms with Gasteiger partial charge < -0.3 is 14.1 Å². The number of benzene rings is 1. The van der Waals surface area contributed by atoms with Gasteiger partial charge in [0.2, 0.25) is 5.71 Å². The topological polar surface area (TPSA) is 55.4 Å². The summed E-state index contributed by atoms with van der Waals surface area (Å²) in [5, 5.41) is 11.2. The van der Waals surface area contributed by atoms with Gasteiger partial charge in [-0.15, -0.1) is 0 Å². The van der Waals surface area contributed by atoms with E-state index in [1.54, 1.807) is 31.3 Å². The van der Waals surface area contributed by atoms with E-state index in [4.69, 9.17) is 21.1 Å². The summed E-state index contributed by atoms with van der Waals surface area (Å²) in [6.45, 7) is 0. The molecule has 0 unspecified atom stereocenters. The first kappa shape index (κ1) is 10.2. The van der Waals surface area contributed by atoms with Crippen LogP contribution in [-0.2, 0) is 7.05 Å². The van der Waals surface area contributed by atoms with Crippen LogP contribution in [0.5, 0.6) is 0 Å². The van der Waals surface area contributed by atoms with E-state index in [0.29, 0.717) is 16.3 Å². The zero-order valence-electron chi connectivity index (χ0n) is 8.90. The summed E-state index contributed by atoms with van der Waals surface area (Å²) in [7, 11) is 1.66. The van der Waals surface area contributed by atoms with E-state index in [-0.39, 0.29) is 5.69 Å². The van der Waals surface area contributed by atoms with Crippen LogP contribution in [0.1, 0.15) is 10.5 Å². The number of aromatic carboxylic acids is 1. The Hall–Kier alpha value is -1.94. The third-order valence-electron chi connectivity index (χ3n) is 2.83. The highest BCUT2D eigenvalue weighted by molar-refractivity contribution is 6.31. The molecular formula is C12H8ClNO3. The van der Waals surface area contributed by atoms with E-state index in [9.17, 15) is 4.79 Å². The lowest BCUT2D eigenvalue weighted by Gasteiger charge is -1.95. The number of carbonyl (C=O) groups is 1. The minimum Gasteiger partial charge on any atom is -0.477 e. The number of carboxylic acids is 1. The second-order valence-corrected chi connectivity index (χ2v) is 4.29. The maximum atomic E-state index is 11.0. The maximum Gasteiger partial charge on any atom is 0.352 e. The molecule has 4 nitrogen and oxygen atoms in total. The molecule has 0 bridgehead atoms. The second-order valence-electron chi connectivity index (χ2n) is 3.86. The Bertz CT molecular complexity index is 754. The lowest BCUT2D eigenvalue weighted by Crippen LogP contribution is -2.03. The Morgan fingerprint density at radius 3 is 2.82 bits per heavy atom. The quantitative estimate of drug-likeness (QED) is 0.720. The number of aryl methyl sites for hydroxylation is 1. The van der Waals surface area contributed by atoms with Crippen LogP contribution in [0, 0.1) is 0 Å². The molecule has 0 spiro atoms. The van der Waals surface area contributed by atoms with Crippen molar-refractivity contribution < 1.29 is 14.3 Å². The molecule has 0 aliphatic rings. The first-order valence-corrected chi connectivity index (χ1v) is 5.36. The monoisotopic (exact) mass is 249 g/mol. The Morgan fingerprint density at radius 2 is 2.12 bits per heavy atom. The van der Waals surface area contributed by atoms with Crippen molar-refractivity contribution in [3.05, 3.63) is 35.0 Å². The number of rotatable bonds is 1. The molecule has 3 rings (SSSR count). The highest BCUT2D eigenvalue weighted by Crippen LogP contribution is 2.32. The summed E-state index contributed by atoms with van der Waals surface area (Å²) in [4.78, 5) is 11.0. The number of hydrogen-bond acceptors (Lipinski definition) is 2. The van der Waals surface area contributed by atoms with Crippen LogP contribution in [0.2, 0.25) is 5.02 Å². The average Bonchev–Trinajstić information content (AvgIpc) is 2.77. The molecule has 0 amide bonds. The van der Waals surface area contributed by atoms with Crippen molar-refractivity contribution in [3.8, 4) is 0 Å². The molecule has 86 valence electrons. The molecule has 0 radical (unpaired) electrons. The van der Waals surface area contributed by atoms with Crippen molar-refractivity contribution in [2.24, 2.45) is 7.05 Å². The molecule has 0 saturated carbocycles. The van der Waals surface area contributed by atoms with Gasteiger partial charge in [0.1, 0.15) is 11.3 Å². The highest BCUT2D eigenvalue weighted by Gasteiger charge is 2.17. The van der Waals surface area contributed by atoms with Gasteiger partial charge in [-0.05, 0) is 24.3 Å². The predicted octanol–water partition coefficient (Wildman–Crippen LogP) is 3.28. The SMILES string of the molecule is Cn1c(C(=O)O)cc2c3cc(Cl)ccc3oc21. The first-order chi connectivity index (χ1) is 8.08. The number of fused-ring (bicyclic) bond motifs is 3. The van der Waals surface area contributed by atoms with Crippen molar-refractivity contribution in [1.82, 2.24) is 4.57 Å². The Kier molecular flexibility index (Phi) is 1.97. The molecule has 0 aliphatic heterocycles. The number of carboxylic acid groups (broad SMARTS) is 1. The van der Waals surface area contributed by atoms with Gasteiger partial charge in [0.05, 0.1) is 0 Å². The van der Waals surface area contributed by atoms with Crippen molar-refractivity contribution in [2.75, 3.05) is 0 Å². The zero-order valence-corrected chi connectivity index (χ0v) is 9.65. The molecule has 0 saturated heterocycles. The van der Waals surface area contributed by atoms with Crippen LogP contribution in [-0.4, -0.2) is 15.6 Å². The van der Waals surface area contributed by atoms with E-state index in [2.05, 4.69) is 0 Å². The van der Waals surface area contributed by atoms with Crippen LogP contribution in [0.4, 0.5) is 0 Å². The fraction of sp³-hybridized carbons (Fsp3) is 0.0833. The molecule has 0 atom stereocenters. The minimum absolute atomic E-state index is 0.195. The molecule has 1 N–H and O–H groups in total. The van der Waals surface area contributed by atoms with Gasteiger partial charge in [-0.3, -0.25) is 0 Å². The van der Waals surface area contributed by atoms with Gasteiger partial charge in [0, 0.05) is 22.8 Å². The van der Waals surface area contributed by atoms with Crippen LogP contribution < -0.4 is 0 Å². The van der Waals surface area contributed by atoms with Crippen LogP contribution >= 0.6 is 11.6 Å². The molecule has 2 aromatic heterocycles. The lowest BCUT2D eigenvalue weighted by atomic mass is 10.2. The van der Waals surface area contributed by atoms with Gasteiger partial charge in [0.25, 0.3) is 0 Å². The van der Waals surface area contributed by atoms with Gasteiger partial charge in [0.15, 0.2) is 0 Å². The standard InChI is InChI=1S/C12H8ClNO3/c1-14-9(12(15)16)5-8-7-4-6(13)2-3-10(7)17-11(8)14/h2-5H,1H3,(H,15,16). The van der Waals surface area contributed by atoms with Crippen molar-refractivity contribution in [2.45, 2.75) is 0 Å². The number of hydrogen-bond donors (Lipinski definition) is 1. The zero-order chi connectivity index (χ0) is 12.2. The predicted molar refractivity (Wildman–Crippen MR) is 64.7 cm³/mol. The molecule has 0 aliphatic carbocycles. The summed E-state index contributed by atoms with van der Waals surface area (Å²) in [6, 6.07) is 6.89. The molecule has 0 fully saturated rings. The molecule has 2 heterocycles. The average molecular weight is 250 g/mol. The minimum atomic E-state index is -0.978. The third kappa shape index (κ3) is 1.34. The smallest absolute Gasteiger partial charge is 0.352 e. The highest BCUT2D eigenvalue weighted by atomic mass is 35.5. The number of nitrogens with zero attached hydrogens (tertiary/aromatic N) is 1. The normalized spacial score (nSPS) is 11.4. The summed E-state index contributed by atoms with van der Waals surface area (Å²) >= 11 is 5.92. The van der Waals surface area contributed by atoms with Crippen LogP contribution in [0.3, 0.4) is 0 Å². The molecular weight excluding hydrogens is 242 g/mol. The summed E-state index contributed by atoms with van der Waals surface area (Å²) in [6.07, 6.45) is 0. The third-order valence-corrected chi connectivity index (χ3v) is 3.07. The summed E-state index contributed by atoms with van der Waals surface area (Å²) < 4.78 is 7.13. The van der Waals surface area contributed by atoms with Gasteiger partial charge >= 0.3 is 5.97 Å². The van der Waals surface area contributed by atoms with E-state index < -0.39 is 5.97 Å². The number of halogens is 1. The fourth-order valence-electron chi connectivity index (χ4n) is 2.01. The second kappa shape index (κ2) is 3.28. The van der Waals surface area contributed by atoms with Crippen LogP contribution in [0.15, 0.2) is 28.7 Å². The van der Waals surface area contributed by atoms with Gasteiger partial charge in [-0.25, -0.2) is 4.79 Å². The number of furan rings is 1. The summed E-state index contributed by atoms with van der Waals surface area (Å²) in [5.74, 6) is -0.978. The van der Waals surface area contributed by atoms with E-state index in [0.717, 1.165) is 10.8 Å². The Labute approximate surface area is 101 Å². The van der Waals surface area contributed by atoms with E-state index >= 15 is 0 Å². The molecule has 17 heavy (non-hydrogen) atoms. The fourth-order valence-corrected chi connectivity index (χ4v) is 2.18. The van der Waals surface area contributed by atoms with E-state index in [1.165, 1.54) is 4.57 Å². The number of aromatic nitrogens is 1. The molecule has 3 aromatic rings. The first-order valence-electron chi connectivity index (χ1n) is 4.98.